The predicted molar refractivity (Wildman–Crippen MR) is 7.15 cm³/mol. The van der Waals surface area contributed by atoms with Crippen LogP contribution in [-0.2, 0) is 33.8 Å². The van der Waals surface area contributed by atoms with Crippen molar-refractivity contribution in [2.75, 3.05) is 0 Å². The van der Waals surface area contributed by atoms with Crippen LogP contribution >= 0.6 is 0 Å². The summed E-state index contributed by atoms with van der Waals surface area (Å²) in [6.07, 6.45) is 0. The molecule has 0 rings (SSSR count). The second-order valence-corrected chi connectivity index (χ2v) is 0. The van der Waals surface area contributed by atoms with Gasteiger partial charge in [0.05, 0.1) is 0 Å². The molecule has 0 aliphatic heterocycles. The van der Waals surface area contributed by atoms with Crippen LogP contribution in [0.1, 0.15) is 0 Å². The third-order valence-corrected chi connectivity index (χ3v) is 0. The van der Waals surface area contributed by atoms with Crippen molar-refractivity contribution in [3.63, 3.8) is 0 Å². The molecular formula is HCoFeKLa. The molecule has 0 bridgehead atoms. The Kier molecular flexibility index (Phi) is 98.2. The number of hydrogen-bond acceptors (Lipinski definition) is 0. The van der Waals surface area contributed by atoms with E-state index in [1.165, 1.54) is 0 Å². The molecule has 0 heterocycles. The van der Waals surface area contributed by atoms with Gasteiger partial charge in [-0.3, -0.25) is 0 Å². The Morgan fingerprint density at radius 2 is 1.00 bits per heavy atom. The molecule has 0 aromatic carbocycles. The molecular weight excluding hydrogens is 293 g/mol. The van der Waals surface area contributed by atoms with Crippen LogP contribution in [0.2, 0.25) is 0 Å². The molecule has 0 saturated carbocycles. The molecule has 0 unspecified atom stereocenters. The number of hydrogen-bond donors (Lipinski definition) is 0. The van der Waals surface area contributed by atoms with Gasteiger partial charge in [0.25, 0.3) is 0 Å². The Hall–Kier alpha value is 3.86. The van der Waals surface area contributed by atoms with Crippen molar-refractivity contribution in [2.45, 2.75) is 0 Å². The summed E-state index contributed by atoms with van der Waals surface area (Å²) >= 11 is 0. The maximum atomic E-state index is 0. The average molecular weight is 294 g/mol. The van der Waals surface area contributed by atoms with Crippen molar-refractivity contribution in [3.8, 4) is 0 Å². The minimum absolute atomic E-state index is 0. The summed E-state index contributed by atoms with van der Waals surface area (Å²) in [5, 5.41) is 0. The molecule has 0 aromatic heterocycles. The second-order valence-electron chi connectivity index (χ2n) is 0. The SMILES string of the molecule is [Co].[Fe].[KH].[La]. The van der Waals surface area contributed by atoms with E-state index >= 15 is 0 Å². The quantitative estimate of drug-likeness (QED) is 0.521. The van der Waals surface area contributed by atoms with E-state index in [1.807, 2.05) is 0 Å². The van der Waals surface area contributed by atoms with Crippen molar-refractivity contribution in [1.29, 1.82) is 0 Å². The van der Waals surface area contributed by atoms with Gasteiger partial charge in [-0.25, -0.2) is 0 Å². The largest absolute Gasteiger partial charge is 0 e. The Labute approximate surface area is 117 Å². The molecule has 0 aliphatic carbocycles. The summed E-state index contributed by atoms with van der Waals surface area (Å²) in [6, 6.07) is 0. The molecule has 0 amide bonds. The van der Waals surface area contributed by atoms with Crippen LogP contribution in [-0.4, -0.2) is 51.4 Å². The zero-order chi connectivity index (χ0) is 0. The van der Waals surface area contributed by atoms with Crippen molar-refractivity contribution < 1.29 is 69.4 Å². The molecule has 0 N–H and O–H groups in total. The van der Waals surface area contributed by atoms with E-state index in [2.05, 4.69) is 0 Å². The first-order chi connectivity index (χ1) is 0. The summed E-state index contributed by atoms with van der Waals surface area (Å²) < 4.78 is 0. The fraction of sp³-hybridized carbons (Fsp3) is 0. The Morgan fingerprint density at radius 3 is 1.00 bits per heavy atom. The first-order valence-electron chi connectivity index (χ1n) is 0. The molecule has 0 nitrogen and oxygen atoms in total. The second kappa shape index (κ2) is 15.8. The van der Waals surface area contributed by atoms with Gasteiger partial charge >= 0.3 is 51.4 Å². The van der Waals surface area contributed by atoms with Gasteiger partial charge in [-0.15, -0.1) is 0 Å². The third kappa shape index (κ3) is 9.29. The van der Waals surface area contributed by atoms with Crippen molar-refractivity contribution in [1.82, 2.24) is 0 Å². The van der Waals surface area contributed by atoms with Crippen LogP contribution in [0, 0.1) is 35.6 Å². The van der Waals surface area contributed by atoms with Gasteiger partial charge in [-0.05, 0) is 0 Å². The fourth-order valence-corrected chi connectivity index (χ4v) is 0. The average Bonchev–Trinajstić information content (AvgIpc) is 0. The molecule has 4 heteroatoms. The van der Waals surface area contributed by atoms with Gasteiger partial charge in [0.1, 0.15) is 0 Å². The van der Waals surface area contributed by atoms with E-state index in [-0.39, 0.29) is 121 Å². The summed E-state index contributed by atoms with van der Waals surface area (Å²) in [5.41, 5.74) is 0. The molecule has 0 aliphatic rings. The summed E-state index contributed by atoms with van der Waals surface area (Å²) in [5.74, 6) is 0. The first kappa shape index (κ1) is 24.8. The van der Waals surface area contributed by atoms with Crippen molar-refractivity contribution in [3.05, 3.63) is 0 Å². The van der Waals surface area contributed by atoms with E-state index in [0.717, 1.165) is 0 Å². The van der Waals surface area contributed by atoms with Crippen LogP contribution in [0.15, 0.2) is 0 Å². The topological polar surface area (TPSA) is 0 Å². The molecule has 0 saturated heterocycles. The standard InChI is InChI=1S/Co.Fe.K.La.H. The normalized spacial score (nSPS) is 0. The van der Waals surface area contributed by atoms with Crippen LogP contribution in [0.5, 0.6) is 0 Å². The van der Waals surface area contributed by atoms with Crippen LogP contribution in [0.25, 0.3) is 0 Å². The van der Waals surface area contributed by atoms with E-state index < -0.39 is 0 Å². The molecule has 2 radical (unpaired) electrons. The Balaban J connectivity index is 0. The smallest absolute Gasteiger partial charge is 0 e. The van der Waals surface area contributed by atoms with E-state index in [1.54, 1.807) is 0 Å². The molecule has 0 atom stereocenters. The molecule has 0 spiro atoms. The van der Waals surface area contributed by atoms with Crippen LogP contribution in [0.3, 0.4) is 0 Å². The molecule has 4 heavy (non-hydrogen) atoms. The summed E-state index contributed by atoms with van der Waals surface area (Å²) in [6.45, 7) is 0. The molecule has 0 aromatic rings. The molecule has 0 fully saturated rings. The van der Waals surface area contributed by atoms with Gasteiger partial charge in [0.15, 0.2) is 0 Å². The summed E-state index contributed by atoms with van der Waals surface area (Å²) in [4.78, 5) is 0. The van der Waals surface area contributed by atoms with Gasteiger partial charge in [-0.1, -0.05) is 0 Å². The van der Waals surface area contributed by atoms with E-state index in [9.17, 15) is 0 Å². The van der Waals surface area contributed by atoms with E-state index in [0.29, 0.717) is 0 Å². The minimum Gasteiger partial charge on any atom is 0 e. The number of rotatable bonds is 0. The zero-order valence-corrected chi connectivity index (χ0v) is 7.04. The summed E-state index contributed by atoms with van der Waals surface area (Å²) in [7, 11) is 0. The Bertz CT molecular complexity index is 8.00. The Morgan fingerprint density at radius 1 is 1.00 bits per heavy atom. The van der Waals surface area contributed by atoms with Gasteiger partial charge < -0.3 is 0 Å². The maximum absolute atomic E-state index is 0. The van der Waals surface area contributed by atoms with Crippen LogP contribution < -0.4 is 0 Å². The van der Waals surface area contributed by atoms with E-state index in [4.69, 9.17) is 0 Å². The van der Waals surface area contributed by atoms with Gasteiger partial charge in [0.2, 0.25) is 0 Å². The van der Waals surface area contributed by atoms with Gasteiger partial charge in [0, 0.05) is 69.4 Å². The van der Waals surface area contributed by atoms with Gasteiger partial charge in [-0.2, -0.15) is 0 Å². The van der Waals surface area contributed by atoms with Crippen molar-refractivity contribution in [2.24, 2.45) is 0 Å². The minimum atomic E-state index is 0. The van der Waals surface area contributed by atoms with Crippen molar-refractivity contribution >= 4 is 51.4 Å². The zero-order valence-electron chi connectivity index (χ0n) is 1.26. The van der Waals surface area contributed by atoms with Crippen LogP contribution in [0.4, 0.5) is 0 Å². The fourth-order valence-electron chi connectivity index (χ4n) is 0. The molecule has 22 valence electrons. The third-order valence-electron chi connectivity index (χ3n) is 0. The predicted octanol–water partition coefficient (Wildman–Crippen LogP) is -0.653. The monoisotopic (exact) mass is 294 g/mol. The maximum Gasteiger partial charge on any atom is 0 e. The first-order valence-corrected chi connectivity index (χ1v) is 0.